The van der Waals surface area contributed by atoms with Crippen LogP contribution in [0.1, 0.15) is 83.4 Å². The number of hydrogen-bond acceptors (Lipinski definition) is 3. The minimum Gasteiger partial charge on any atom is -0.301 e. The molecule has 1 N–H and O–H groups in total. The molecule has 4 heteroatoms. The third kappa shape index (κ3) is 4.61. The summed E-state index contributed by atoms with van der Waals surface area (Å²) in [6.45, 7) is 8.54. The first-order chi connectivity index (χ1) is 10.5. The summed E-state index contributed by atoms with van der Waals surface area (Å²) in [5, 5.41) is 1.28. The first kappa shape index (κ1) is 17.6. The maximum atomic E-state index is 12.5. The monoisotopic (exact) mass is 322 g/mol. The molecular weight excluding hydrogens is 292 g/mol. The first-order valence-corrected chi connectivity index (χ1v) is 9.69. The van der Waals surface area contributed by atoms with E-state index in [4.69, 9.17) is 4.98 Å². The lowest BCUT2D eigenvalue weighted by atomic mass is 9.84. The van der Waals surface area contributed by atoms with Crippen LogP contribution in [0.3, 0.4) is 0 Å². The summed E-state index contributed by atoms with van der Waals surface area (Å²) in [5.41, 5.74) is 2.03. The zero-order chi connectivity index (χ0) is 16.1. The molecule has 124 valence electrons. The quantitative estimate of drug-likeness (QED) is 0.598. The van der Waals surface area contributed by atoms with Crippen LogP contribution in [-0.4, -0.2) is 15.2 Å². The number of nitrogens with one attached hydrogen (secondary N) is 1. The molecule has 1 aliphatic carbocycles. The minimum atomic E-state index is 0.0709. The van der Waals surface area contributed by atoms with Crippen LogP contribution >= 0.6 is 11.8 Å². The van der Waals surface area contributed by atoms with Gasteiger partial charge in [0.2, 0.25) is 0 Å². The molecule has 22 heavy (non-hydrogen) atoms. The average molecular weight is 323 g/mol. The fourth-order valence-electron chi connectivity index (χ4n) is 3.25. The molecule has 0 saturated heterocycles. The molecule has 3 nitrogen and oxygen atoms in total. The van der Waals surface area contributed by atoms with Gasteiger partial charge in [-0.1, -0.05) is 71.6 Å². The van der Waals surface area contributed by atoms with Crippen LogP contribution in [-0.2, 0) is 6.42 Å². The summed E-state index contributed by atoms with van der Waals surface area (Å²) in [6, 6.07) is 0. The number of rotatable bonds is 6. The molecule has 0 spiro atoms. The van der Waals surface area contributed by atoms with Crippen LogP contribution in [0.4, 0.5) is 0 Å². The van der Waals surface area contributed by atoms with Crippen molar-refractivity contribution in [2.75, 3.05) is 0 Å². The number of nitrogens with zero attached hydrogens (tertiary/aromatic N) is 1. The van der Waals surface area contributed by atoms with E-state index in [0.717, 1.165) is 29.3 Å². The smallest absolute Gasteiger partial charge is 0.255 e. The third-order valence-corrected chi connectivity index (χ3v) is 5.84. The van der Waals surface area contributed by atoms with E-state index < -0.39 is 0 Å². The van der Waals surface area contributed by atoms with Gasteiger partial charge >= 0.3 is 0 Å². The van der Waals surface area contributed by atoms with E-state index in [9.17, 15) is 4.79 Å². The maximum absolute atomic E-state index is 12.5. The Morgan fingerprint density at radius 1 is 1.23 bits per heavy atom. The van der Waals surface area contributed by atoms with Gasteiger partial charge in [0.1, 0.15) is 0 Å². The van der Waals surface area contributed by atoms with Crippen molar-refractivity contribution in [3.05, 3.63) is 21.6 Å². The lowest BCUT2D eigenvalue weighted by molar-refractivity contribution is 0.352. The molecule has 1 saturated carbocycles. The Balaban J connectivity index is 2.28. The highest BCUT2D eigenvalue weighted by Gasteiger charge is 2.21. The fourth-order valence-corrected chi connectivity index (χ4v) is 4.11. The van der Waals surface area contributed by atoms with E-state index >= 15 is 0 Å². The van der Waals surface area contributed by atoms with Crippen molar-refractivity contribution >= 4 is 11.8 Å². The van der Waals surface area contributed by atoms with Crippen LogP contribution in [0, 0.1) is 5.92 Å². The number of aromatic nitrogens is 2. The topological polar surface area (TPSA) is 45.8 Å². The second kappa shape index (κ2) is 8.19. The zero-order valence-electron chi connectivity index (χ0n) is 14.4. The van der Waals surface area contributed by atoms with Gasteiger partial charge in [0.25, 0.3) is 5.56 Å². The van der Waals surface area contributed by atoms with Crippen molar-refractivity contribution in [1.82, 2.24) is 9.97 Å². The van der Waals surface area contributed by atoms with Gasteiger partial charge in [0, 0.05) is 10.8 Å². The molecule has 1 aliphatic rings. The van der Waals surface area contributed by atoms with Crippen molar-refractivity contribution < 1.29 is 0 Å². The average Bonchev–Trinajstić information content (AvgIpc) is 2.47. The van der Waals surface area contributed by atoms with E-state index in [-0.39, 0.29) is 11.5 Å². The minimum absolute atomic E-state index is 0.0709. The molecule has 1 aromatic heterocycles. The van der Waals surface area contributed by atoms with E-state index in [1.165, 1.54) is 32.1 Å². The van der Waals surface area contributed by atoms with Crippen LogP contribution < -0.4 is 5.56 Å². The zero-order valence-corrected chi connectivity index (χ0v) is 15.3. The standard InChI is InChI=1S/C18H30N2OS/c1-5-13(4)22-18-19-15(11-14-9-7-6-8-10-14)16(12(2)3)17(21)20-18/h12-14H,5-11H2,1-4H3,(H,19,20,21). The Kier molecular flexibility index (Phi) is 6.54. The van der Waals surface area contributed by atoms with Gasteiger partial charge in [0.15, 0.2) is 5.16 Å². The van der Waals surface area contributed by atoms with Crippen LogP contribution in [0.25, 0.3) is 0 Å². The first-order valence-electron chi connectivity index (χ1n) is 8.81. The van der Waals surface area contributed by atoms with Gasteiger partial charge in [-0.2, -0.15) is 0 Å². The van der Waals surface area contributed by atoms with Crippen molar-refractivity contribution in [3.63, 3.8) is 0 Å². The molecule has 0 aromatic carbocycles. The molecule has 1 fully saturated rings. The summed E-state index contributed by atoms with van der Waals surface area (Å²) in [4.78, 5) is 20.3. The molecule has 1 aromatic rings. The van der Waals surface area contributed by atoms with Crippen LogP contribution in [0.5, 0.6) is 0 Å². The van der Waals surface area contributed by atoms with Gasteiger partial charge in [-0.25, -0.2) is 4.98 Å². The Morgan fingerprint density at radius 3 is 2.50 bits per heavy atom. The largest absolute Gasteiger partial charge is 0.301 e. The van der Waals surface area contributed by atoms with Gasteiger partial charge in [-0.05, 0) is 24.7 Å². The predicted molar refractivity (Wildman–Crippen MR) is 94.8 cm³/mol. The van der Waals surface area contributed by atoms with Crippen molar-refractivity contribution in [3.8, 4) is 0 Å². The molecular formula is C18H30N2OS. The van der Waals surface area contributed by atoms with E-state index in [1.807, 2.05) is 0 Å². The molecule has 1 atom stereocenters. The summed E-state index contributed by atoms with van der Waals surface area (Å²) in [7, 11) is 0. The molecule has 0 radical (unpaired) electrons. The second-order valence-corrected chi connectivity index (χ2v) is 8.36. The molecule has 0 bridgehead atoms. The fraction of sp³-hybridized carbons (Fsp3) is 0.778. The highest BCUT2D eigenvalue weighted by atomic mass is 32.2. The van der Waals surface area contributed by atoms with Crippen LogP contribution in [0.15, 0.2) is 9.95 Å². The normalized spacial score (nSPS) is 17.9. The number of aromatic amines is 1. The van der Waals surface area contributed by atoms with Gasteiger partial charge in [-0.15, -0.1) is 0 Å². The van der Waals surface area contributed by atoms with Gasteiger partial charge in [0.05, 0.1) is 5.69 Å². The van der Waals surface area contributed by atoms with E-state index in [1.54, 1.807) is 11.8 Å². The summed E-state index contributed by atoms with van der Waals surface area (Å²) in [5.74, 6) is 0.944. The molecule has 1 unspecified atom stereocenters. The van der Waals surface area contributed by atoms with E-state index in [2.05, 4.69) is 32.7 Å². The van der Waals surface area contributed by atoms with Crippen molar-refractivity contribution in [1.29, 1.82) is 0 Å². The maximum Gasteiger partial charge on any atom is 0.255 e. The molecule has 0 aliphatic heterocycles. The highest BCUT2D eigenvalue weighted by molar-refractivity contribution is 7.99. The molecule has 2 rings (SSSR count). The second-order valence-electron chi connectivity index (χ2n) is 6.93. The lowest BCUT2D eigenvalue weighted by Crippen LogP contribution is -2.22. The van der Waals surface area contributed by atoms with Crippen molar-refractivity contribution in [2.24, 2.45) is 5.92 Å². The number of hydrogen-bond donors (Lipinski definition) is 1. The Hall–Kier alpha value is -0.770. The third-order valence-electron chi connectivity index (χ3n) is 4.68. The lowest BCUT2D eigenvalue weighted by Gasteiger charge is -2.23. The molecule has 1 heterocycles. The Labute approximate surface area is 138 Å². The van der Waals surface area contributed by atoms with Crippen molar-refractivity contribution in [2.45, 2.75) is 89.0 Å². The number of thioether (sulfide) groups is 1. The summed E-state index contributed by atoms with van der Waals surface area (Å²) in [6.07, 6.45) is 8.67. The van der Waals surface area contributed by atoms with Gasteiger partial charge in [-0.3, -0.25) is 4.79 Å². The predicted octanol–water partition coefficient (Wildman–Crippen LogP) is 4.91. The summed E-state index contributed by atoms with van der Waals surface area (Å²) < 4.78 is 0. The molecule has 0 amide bonds. The SMILES string of the molecule is CCC(C)Sc1nc(CC2CCCCC2)c(C(C)C)c(=O)[nH]1. The summed E-state index contributed by atoms with van der Waals surface area (Å²) >= 11 is 1.69. The number of H-pyrrole nitrogens is 1. The van der Waals surface area contributed by atoms with Crippen LogP contribution in [0.2, 0.25) is 0 Å². The van der Waals surface area contributed by atoms with E-state index in [0.29, 0.717) is 11.2 Å². The Morgan fingerprint density at radius 2 is 1.91 bits per heavy atom. The highest BCUT2D eigenvalue weighted by Crippen LogP contribution is 2.29. The van der Waals surface area contributed by atoms with Gasteiger partial charge < -0.3 is 4.98 Å². The Bertz CT molecular complexity index is 532.